The number of carbonyl (C=O) groups excluding carboxylic acids is 1. The largest absolute Gasteiger partial charge is 0.382 e. The third-order valence-electron chi connectivity index (χ3n) is 2.23. The molecule has 82 valence electrons. The van der Waals surface area contributed by atoms with Gasteiger partial charge in [0.2, 0.25) is 0 Å². The smallest absolute Gasteiger partial charge is 0.261 e. The lowest BCUT2D eigenvalue weighted by molar-refractivity contribution is 0.102. The van der Waals surface area contributed by atoms with Crippen LogP contribution in [0.4, 0.5) is 11.5 Å². The molecule has 0 spiro atoms. The van der Waals surface area contributed by atoms with E-state index in [0.717, 1.165) is 5.69 Å². The van der Waals surface area contributed by atoms with Gasteiger partial charge >= 0.3 is 0 Å². The number of para-hydroxylation sites is 1. The first kappa shape index (κ1) is 10.2. The molecule has 0 saturated heterocycles. The van der Waals surface area contributed by atoms with Crippen molar-refractivity contribution in [3.8, 4) is 0 Å². The van der Waals surface area contributed by atoms with Crippen molar-refractivity contribution < 1.29 is 4.79 Å². The molecule has 1 amide bonds. The number of aromatic amines is 1. The first-order valence-corrected chi connectivity index (χ1v) is 4.85. The third kappa shape index (κ3) is 1.88. The van der Waals surface area contributed by atoms with Gasteiger partial charge in [-0.1, -0.05) is 18.2 Å². The van der Waals surface area contributed by atoms with Gasteiger partial charge in [-0.2, -0.15) is 5.10 Å². The monoisotopic (exact) mass is 216 g/mol. The van der Waals surface area contributed by atoms with Crippen LogP contribution in [0.25, 0.3) is 0 Å². The Morgan fingerprint density at radius 2 is 2.06 bits per heavy atom. The zero-order valence-electron chi connectivity index (χ0n) is 8.82. The van der Waals surface area contributed by atoms with E-state index in [4.69, 9.17) is 5.73 Å². The van der Waals surface area contributed by atoms with Crippen LogP contribution in [0.15, 0.2) is 30.3 Å². The van der Waals surface area contributed by atoms with Gasteiger partial charge in [-0.05, 0) is 19.1 Å². The van der Waals surface area contributed by atoms with Gasteiger partial charge < -0.3 is 11.1 Å². The van der Waals surface area contributed by atoms with Gasteiger partial charge in [0.1, 0.15) is 5.56 Å². The van der Waals surface area contributed by atoms with Gasteiger partial charge in [-0.15, -0.1) is 0 Å². The van der Waals surface area contributed by atoms with Crippen molar-refractivity contribution in [1.29, 1.82) is 0 Å². The lowest BCUT2D eigenvalue weighted by Crippen LogP contribution is -2.14. The van der Waals surface area contributed by atoms with E-state index < -0.39 is 0 Å². The molecule has 0 bridgehead atoms. The van der Waals surface area contributed by atoms with Crippen molar-refractivity contribution in [3.63, 3.8) is 0 Å². The minimum absolute atomic E-state index is 0.214. The summed E-state index contributed by atoms with van der Waals surface area (Å²) in [6.45, 7) is 1.75. The summed E-state index contributed by atoms with van der Waals surface area (Å²) in [6.07, 6.45) is 0. The van der Waals surface area contributed by atoms with Crippen molar-refractivity contribution in [2.75, 3.05) is 11.1 Å². The Labute approximate surface area is 92.7 Å². The van der Waals surface area contributed by atoms with E-state index >= 15 is 0 Å². The van der Waals surface area contributed by atoms with E-state index in [1.807, 2.05) is 30.3 Å². The second-order valence-electron chi connectivity index (χ2n) is 3.43. The molecule has 5 nitrogen and oxygen atoms in total. The Bertz CT molecular complexity index is 484. The minimum atomic E-state index is -0.255. The van der Waals surface area contributed by atoms with E-state index in [1.165, 1.54) is 0 Å². The van der Waals surface area contributed by atoms with E-state index in [9.17, 15) is 4.79 Å². The molecule has 0 aliphatic carbocycles. The molecule has 1 aromatic heterocycles. The molecule has 2 aromatic rings. The summed E-state index contributed by atoms with van der Waals surface area (Å²) in [6, 6.07) is 9.20. The van der Waals surface area contributed by atoms with Crippen LogP contribution in [0.5, 0.6) is 0 Å². The van der Waals surface area contributed by atoms with Crippen molar-refractivity contribution in [2.45, 2.75) is 6.92 Å². The number of anilines is 2. The fourth-order valence-corrected chi connectivity index (χ4v) is 1.45. The number of carbonyl (C=O) groups is 1. The van der Waals surface area contributed by atoms with Crippen molar-refractivity contribution in [2.24, 2.45) is 0 Å². The Balaban J connectivity index is 2.22. The van der Waals surface area contributed by atoms with Crippen LogP contribution >= 0.6 is 0 Å². The summed E-state index contributed by atoms with van der Waals surface area (Å²) in [4.78, 5) is 11.9. The zero-order valence-corrected chi connectivity index (χ0v) is 8.82. The number of aromatic nitrogens is 2. The second-order valence-corrected chi connectivity index (χ2v) is 3.43. The maximum absolute atomic E-state index is 11.9. The van der Waals surface area contributed by atoms with E-state index in [0.29, 0.717) is 11.3 Å². The minimum Gasteiger partial charge on any atom is -0.382 e. The predicted octanol–water partition coefficient (Wildman–Crippen LogP) is 1.55. The number of nitrogen functional groups attached to an aromatic ring is 1. The Morgan fingerprint density at radius 1 is 1.38 bits per heavy atom. The SMILES string of the molecule is Cc1[nH]nc(N)c1C(=O)Nc1ccccc1. The maximum Gasteiger partial charge on any atom is 0.261 e. The van der Waals surface area contributed by atoms with Crippen LogP contribution in [0.3, 0.4) is 0 Å². The fourth-order valence-electron chi connectivity index (χ4n) is 1.45. The summed E-state index contributed by atoms with van der Waals surface area (Å²) >= 11 is 0. The second kappa shape index (κ2) is 4.06. The molecule has 0 saturated carbocycles. The molecule has 1 aromatic carbocycles. The lowest BCUT2D eigenvalue weighted by atomic mass is 10.2. The van der Waals surface area contributed by atoms with Crippen LogP contribution in [-0.2, 0) is 0 Å². The number of H-pyrrole nitrogens is 1. The number of benzene rings is 1. The van der Waals surface area contributed by atoms with Crippen molar-refractivity contribution in [1.82, 2.24) is 10.2 Å². The van der Waals surface area contributed by atoms with Crippen LogP contribution in [-0.4, -0.2) is 16.1 Å². The lowest BCUT2D eigenvalue weighted by Gasteiger charge is -2.04. The van der Waals surface area contributed by atoms with Crippen LogP contribution in [0, 0.1) is 6.92 Å². The average Bonchev–Trinajstić information content (AvgIpc) is 2.60. The zero-order chi connectivity index (χ0) is 11.5. The molecule has 0 atom stereocenters. The van der Waals surface area contributed by atoms with Crippen molar-refractivity contribution in [3.05, 3.63) is 41.6 Å². The number of aryl methyl sites for hydroxylation is 1. The fraction of sp³-hybridized carbons (Fsp3) is 0.0909. The quantitative estimate of drug-likeness (QED) is 0.712. The summed E-state index contributed by atoms with van der Waals surface area (Å²) in [5, 5.41) is 9.19. The topological polar surface area (TPSA) is 83.8 Å². The van der Waals surface area contributed by atoms with E-state index in [1.54, 1.807) is 6.92 Å². The summed E-state index contributed by atoms with van der Waals surface area (Å²) in [5.74, 6) is -0.0409. The van der Waals surface area contributed by atoms with Crippen molar-refractivity contribution >= 4 is 17.4 Å². The Kier molecular flexibility index (Phi) is 2.59. The van der Waals surface area contributed by atoms with Gasteiger partial charge in [0, 0.05) is 11.4 Å². The molecule has 0 fully saturated rings. The van der Waals surface area contributed by atoms with Gasteiger partial charge in [0.15, 0.2) is 5.82 Å². The predicted molar refractivity (Wildman–Crippen MR) is 62.1 cm³/mol. The number of amides is 1. The van der Waals surface area contributed by atoms with Crippen LogP contribution in [0.2, 0.25) is 0 Å². The molecular formula is C11H12N4O. The molecule has 0 aliphatic rings. The van der Waals surface area contributed by atoms with Crippen LogP contribution in [0.1, 0.15) is 16.1 Å². The Hall–Kier alpha value is -2.30. The molecule has 0 aliphatic heterocycles. The molecule has 5 heteroatoms. The average molecular weight is 216 g/mol. The molecule has 4 N–H and O–H groups in total. The number of hydrogen-bond acceptors (Lipinski definition) is 3. The van der Waals surface area contributed by atoms with E-state index in [2.05, 4.69) is 15.5 Å². The first-order valence-electron chi connectivity index (χ1n) is 4.85. The number of nitrogens with one attached hydrogen (secondary N) is 2. The number of nitrogens with zero attached hydrogens (tertiary/aromatic N) is 1. The summed E-state index contributed by atoms with van der Waals surface area (Å²) < 4.78 is 0. The summed E-state index contributed by atoms with van der Waals surface area (Å²) in [5.41, 5.74) is 7.37. The van der Waals surface area contributed by atoms with Gasteiger partial charge in [0.25, 0.3) is 5.91 Å². The molecular weight excluding hydrogens is 204 g/mol. The van der Waals surface area contributed by atoms with Gasteiger partial charge in [0.05, 0.1) is 0 Å². The van der Waals surface area contributed by atoms with Gasteiger partial charge in [-0.3, -0.25) is 9.89 Å². The Morgan fingerprint density at radius 3 is 2.62 bits per heavy atom. The standard InChI is InChI=1S/C11H12N4O/c1-7-9(10(12)15-14-7)11(16)13-8-5-3-2-4-6-8/h2-6H,1H3,(H,13,16)(H3,12,14,15). The van der Waals surface area contributed by atoms with Gasteiger partial charge in [-0.25, -0.2) is 0 Å². The first-order chi connectivity index (χ1) is 7.68. The van der Waals surface area contributed by atoms with E-state index in [-0.39, 0.29) is 11.7 Å². The number of nitrogens with two attached hydrogens (primary N) is 1. The molecule has 1 heterocycles. The molecule has 0 unspecified atom stereocenters. The highest BCUT2D eigenvalue weighted by molar-refractivity contribution is 6.08. The highest BCUT2D eigenvalue weighted by Gasteiger charge is 2.15. The highest BCUT2D eigenvalue weighted by atomic mass is 16.1. The molecule has 0 radical (unpaired) electrons. The maximum atomic E-state index is 11.9. The third-order valence-corrected chi connectivity index (χ3v) is 2.23. The number of hydrogen-bond donors (Lipinski definition) is 3. The normalized spacial score (nSPS) is 10.1. The highest BCUT2D eigenvalue weighted by Crippen LogP contribution is 2.15. The number of rotatable bonds is 2. The molecule has 2 rings (SSSR count). The van der Waals surface area contributed by atoms with Crippen LogP contribution < -0.4 is 11.1 Å². The molecule has 16 heavy (non-hydrogen) atoms. The summed E-state index contributed by atoms with van der Waals surface area (Å²) in [7, 11) is 0.